The molecule has 3 heteroatoms. The lowest BCUT2D eigenvalue weighted by atomic mass is 9.67. The molecular weight excluding hydrogens is 248 g/mol. The Hall–Kier alpha value is -0.570. The smallest absolute Gasteiger partial charge is 0.223 e. The van der Waals surface area contributed by atoms with E-state index >= 15 is 0 Å². The lowest BCUT2D eigenvalue weighted by Gasteiger charge is -2.41. The first kappa shape index (κ1) is 14.4. The van der Waals surface area contributed by atoms with E-state index < -0.39 is 0 Å². The molecule has 0 radical (unpaired) electrons. The molecule has 1 amide bonds. The van der Waals surface area contributed by atoms with Crippen LogP contribution in [0.4, 0.5) is 0 Å². The topological polar surface area (TPSA) is 41.1 Å². The molecule has 2 N–H and O–H groups in total. The van der Waals surface area contributed by atoms with Crippen molar-refractivity contribution in [2.45, 2.75) is 70.3 Å². The Morgan fingerprint density at radius 2 is 1.75 bits per heavy atom. The van der Waals surface area contributed by atoms with Crippen molar-refractivity contribution in [1.29, 1.82) is 0 Å². The normalized spacial score (nSPS) is 37.0. The fraction of sp³-hybridized carbons (Fsp3) is 0.941. The van der Waals surface area contributed by atoms with E-state index in [1.54, 1.807) is 0 Å². The average Bonchev–Trinajstić information content (AvgIpc) is 2.47. The second-order valence-electron chi connectivity index (χ2n) is 7.61. The van der Waals surface area contributed by atoms with Crippen LogP contribution in [0.25, 0.3) is 0 Å². The van der Waals surface area contributed by atoms with Gasteiger partial charge in [-0.3, -0.25) is 4.79 Å². The summed E-state index contributed by atoms with van der Waals surface area (Å²) in [5.74, 6) is 2.41. The van der Waals surface area contributed by atoms with Gasteiger partial charge in [0.2, 0.25) is 5.91 Å². The molecule has 1 saturated heterocycles. The van der Waals surface area contributed by atoms with Gasteiger partial charge in [0.1, 0.15) is 0 Å². The molecule has 3 nitrogen and oxygen atoms in total. The lowest BCUT2D eigenvalue weighted by molar-refractivity contribution is -0.129. The highest BCUT2D eigenvalue weighted by molar-refractivity contribution is 5.79. The van der Waals surface area contributed by atoms with Crippen LogP contribution < -0.4 is 10.6 Å². The molecule has 3 fully saturated rings. The molecule has 2 aliphatic carbocycles. The highest BCUT2D eigenvalue weighted by Gasteiger charge is 2.37. The van der Waals surface area contributed by atoms with Gasteiger partial charge in [-0.1, -0.05) is 25.7 Å². The molecule has 1 aliphatic heterocycles. The third-order valence-corrected chi connectivity index (χ3v) is 6.04. The van der Waals surface area contributed by atoms with Crippen LogP contribution in [0.15, 0.2) is 0 Å². The summed E-state index contributed by atoms with van der Waals surface area (Å²) in [6.07, 6.45) is 11.3. The summed E-state index contributed by atoms with van der Waals surface area (Å²) in [5.41, 5.74) is 0.0335. The maximum absolute atomic E-state index is 12.6. The van der Waals surface area contributed by atoms with Gasteiger partial charge in [0.15, 0.2) is 0 Å². The summed E-state index contributed by atoms with van der Waals surface area (Å²) in [5, 5.41) is 6.76. The molecule has 3 aliphatic rings. The fourth-order valence-electron chi connectivity index (χ4n) is 4.61. The minimum Gasteiger partial charge on any atom is -0.351 e. The summed E-state index contributed by atoms with van der Waals surface area (Å²) < 4.78 is 0. The second-order valence-corrected chi connectivity index (χ2v) is 7.61. The zero-order valence-corrected chi connectivity index (χ0v) is 12.9. The van der Waals surface area contributed by atoms with E-state index in [1.807, 2.05) is 0 Å². The molecule has 0 aromatic rings. The van der Waals surface area contributed by atoms with Crippen LogP contribution in [0.3, 0.4) is 0 Å². The molecule has 3 rings (SSSR count). The largest absolute Gasteiger partial charge is 0.351 e. The number of nitrogens with one attached hydrogen (secondary N) is 2. The van der Waals surface area contributed by atoms with Gasteiger partial charge in [0.25, 0.3) is 0 Å². The number of carbonyl (C=O) groups is 1. The van der Waals surface area contributed by atoms with E-state index in [2.05, 4.69) is 17.6 Å². The maximum Gasteiger partial charge on any atom is 0.223 e. The minimum absolute atomic E-state index is 0.0335. The molecule has 3 unspecified atom stereocenters. The molecule has 0 aromatic heterocycles. The molecule has 20 heavy (non-hydrogen) atoms. The quantitative estimate of drug-likeness (QED) is 0.815. The number of amides is 1. The Labute approximate surface area is 123 Å². The number of hydrogen-bond acceptors (Lipinski definition) is 2. The SMILES string of the molecule is CC1(NC(=O)C2CCC3CCCCC3C2)CCNCC1. The van der Waals surface area contributed by atoms with Gasteiger partial charge in [-0.2, -0.15) is 0 Å². The Morgan fingerprint density at radius 1 is 1.05 bits per heavy atom. The van der Waals surface area contributed by atoms with Gasteiger partial charge in [0.05, 0.1) is 0 Å². The van der Waals surface area contributed by atoms with Gasteiger partial charge in [-0.15, -0.1) is 0 Å². The Kier molecular flexibility index (Phi) is 4.34. The van der Waals surface area contributed by atoms with Crippen molar-refractivity contribution in [3.63, 3.8) is 0 Å². The van der Waals surface area contributed by atoms with E-state index in [-0.39, 0.29) is 5.54 Å². The monoisotopic (exact) mass is 278 g/mol. The second kappa shape index (κ2) is 6.05. The van der Waals surface area contributed by atoms with Gasteiger partial charge in [-0.25, -0.2) is 0 Å². The van der Waals surface area contributed by atoms with Crippen molar-refractivity contribution in [2.75, 3.05) is 13.1 Å². The molecule has 114 valence electrons. The molecule has 0 bridgehead atoms. The molecule has 0 spiro atoms. The summed E-state index contributed by atoms with van der Waals surface area (Å²) in [7, 11) is 0. The maximum atomic E-state index is 12.6. The van der Waals surface area contributed by atoms with Crippen LogP contribution in [0.1, 0.15) is 64.7 Å². The minimum atomic E-state index is 0.0335. The first-order valence-corrected chi connectivity index (χ1v) is 8.69. The molecule has 1 heterocycles. The predicted molar refractivity (Wildman–Crippen MR) is 81.4 cm³/mol. The lowest BCUT2D eigenvalue weighted by Crippen LogP contribution is -2.54. The predicted octanol–water partition coefficient (Wildman–Crippen LogP) is 2.85. The summed E-state index contributed by atoms with van der Waals surface area (Å²) >= 11 is 0. The zero-order chi connectivity index (χ0) is 14.0. The van der Waals surface area contributed by atoms with E-state index in [0.717, 1.165) is 50.6 Å². The first-order chi connectivity index (χ1) is 9.66. The van der Waals surface area contributed by atoms with Gasteiger partial charge < -0.3 is 10.6 Å². The number of piperidine rings is 1. The molecular formula is C17H30N2O. The molecule has 2 saturated carbocycles. The summed E-state index contributed by atoms with van der Waals surface area (Å²) in [6.45, 7) is 4.29. The zero-order valence-electron chi connectivity index (χ0n) is 12.9. The van der Waals surface area contributed by atoms with Crippen LogP contribution >= 0.6 is 0 Å². The van der Waals surface area contributed by atoms with Crippen molar-refractivity contribution in [2.24, 2.45) is 17.8 Å². The third-order valence-electron chi connectivity index (χ3n) is 6.04. The van der Waals surface area contributed by atoms with Crippen LogP contribution in [0.2, 0.25) is 0 Å². The Bertz CT molecular complexity index is 349. The van der Waals surface area contributed by atoms with Crippen molar-refractivity contribution in [3.05, 3.63) is 0 Å². The van der Waals surface area contributed by atoms with Crippen molar-refractivity contribution < 1.29 is 4.79 Å². The van der Waals surface area contributed by atoms with E-state index in [1.165, 1.54) is 32.1 Å². The molecule has 3 atom stereocenters. The fourth-order valence-corrected chi connectivity index (χ4v) is 4.61. The van der Waals surface area contributed by atoms with E-state index in [0.29, 0.717) is 11.8 Å². The summed E-state index contributed by atoms with van der Waals surface area (Å²) in [6, 6.07) is 0. The van der Waals surface area contributed by atoms with Crippen molar-refractivity contribution in [1.82, 2.24) is 10.6 Å². The third kappa shape index (κ3) is 3.19. The first-order valence-electron chi connectivity index (χ1n) is 8.69. The van der Waals surface area contributed by atoms with Gasteiger partial charge in [0, 0.05) is 11.5 Å². The highest BCUT2D eigenvalue weighted by Crippen LogP contribution is 2.42. The standard InChI is InChI=1S/C17H30N2O/c1-17(8-10-18-11-9-17)19-16(20)15-7-6-13-4-2-3-5-14(13)12-15/h13-15,18H,2-12H2,1H3,(H,19,20). The van der Waals surface area contributed by atoms with Crippen LogP contribution in [0.5, 0.6) is 0 Å². The van der Waals surface area contributed by atoms with Crippen LogP contribution in [-0.4, -0.2) is 24.5 Å². The van der Waals surface area contributed by atoms with E-state index in [4.69, 9.17) is 0 Å². The molecule has 0 aromatic carbocycles. The van der Waals surface area contributed by atoms with Crippen molar-refractivity contribution >= 4 is 5.91 Å². The highest BCUT2D eigenvalue weighted by atomic mass is 16.2. The van der Waals surface area contributed by atoms with Crippen molar-refractivity contribution in [3.8, 4) is 0 Å². The van der Waals surface area contributed by atoms with Crippen LogP contribution in [-0.2, 0) is 4.79 Å². The number of rotatable bonds is 2. The number of fused-ring (bicyclic) bond motifs is 1. The van der Waals surface area contributed by atoms with Gasteiger partial charge >= 0.3 is 0 Å². The van der Waals surface area contributed by atoms with Gasteiger partial charge in [-0.05, 0) is 64.0 Å². The number of carbonyl (C=O) groups excluding carboxylic acids is 1. The number of hydrogen-bond donors (Lipinski definition) is 2. The van der Waals surface area contributed by atoms with E-state index in [9.17, 15) is 4.79 Å². The summed E-state index contributed by atoms with van der Waals surface area (Å²) in [4.78, 5) is 12.6. The Morgan fingerprint density at radius 3 is 2.50 bits per heavy atom. The Balaban J connectivity index is 1.54. The van der Waals surface area contributed by atoms with Crippen LogP contribution in [0, 0.1) is 17.8 Å². The average molecular weight is 278 g/mol.